The van der Waals surface area contributed by atoms with Gasteiger partial charge >= 0.3 is 0 Å². The molecule has 3 heterocycles. The van der Waals surface area contributed by atoms with Crippen molar-refractivity contribution in [3.8, 4) is 33.8 Å². The molecule has 0 aliphatic carbocycles. The molecule has 3 nitrogen and oxygen atoms in total. The smallest absolute Gasteiger partial charge is 0.137 e. The van der Waals surface area contributed by atoms with Gasteiger partial charge in [0.05, 0.1) is 22.1 Å². The van der Waals surface area contributed by atoms with Gasteiger partial charge in [0, 0.05) is 33.4 Å². The van der Waals surface area contributed by atoms with Crippen LogP contribution >= 0.6 is 0 Å². The minimum atomic E-state index is 0.911. The van der Waals surface area contributed by atoms with Crippen LogP contribution in [0, 0.1) is 6.92 Å². The molecule has 0 radical (unpaired) electrons. The van der Waals surface area contributed by atoms with Gasteiger partial charge in [-0.2, -0.15) is 0 Å². The Kier molecular flexibility index (Phi) is 5.72. The number of rotatable bonds is 4. The monoisotopic (exact) mass is 575 g/mol. The van der Waals surface area contributed by atoms with Crippen molar-refractivity contribution < 1.29 is 0 Å². The zero-order valence-corrected chi connectivity index (χ0v) is 24.9. The summed E-state index contributed by atoms with van der Waals surface area (Å²) < 4.78 is 4.82. The predicted molar refractivity (Wildman–Crippen MR) is 189 cm³/mol. The summed E-state index contributed by atoms with van der Waals surface area (Å²) in [5, 5.41) is 4.91. The Morgan fingerprint density at radius 2 is 1.02 bits per heavy atom. The lowest BCUT2D eigenvalue weighted by Gasteiger charge is -2.15. The van der Waals surface area contributed by atoms with Gasteiger partial charge < -0.3 is 4.57 Å². The van der Waals surface area contributed by atoms with Gasteiger partial charge in [-0.1, -0.05) is 109 Å². The summed E-state index contributed by atoms with van der Waals surface area (Å²) in [4.78, 5) is 4.87. The number of hydrogen-bond acceptors (Lipinski definition) is 1. The molecule has 9 aromatic rings. The first-order valence-electron chi connectivity index (χ1n) is 15.4. The van der Waals surface area contributed by atoms with Gasteiger partial charge in [-0.25, -0.2) is 4.98 Å². The van der Waals surface area contributed by atoms with Gasteiger partial charge in [0.1, 0.15) is 5.82 Å². The normalized spacial score (nSPS) is 11.7. The number of para-hydroxylation sites is 1. The maximum Gasteiger partial charge on any atom is 0.137 e. The number of pyridine rings is 1. The Bertz CT molecular complexity index is 2460. The number of nitrogens with zero attached hydrogens (tertiary/aromatic N) is 3. The highest BCUT2D eigenvalue weighted by Gasteiger charge is 2.22. The first-order valence-corrected chi connectivity index (χ1v) is 15.4. The van der Waals surface area contributed by atoms with Gasteiger partial charge in [0.2, 0.25) is 0 Å². The summed E-state index contributed by atoms with van der Waals surface area (Å²) in [6, 6.07) is 54.6. The van der Waals surface area contributed by atoms with E-state index in [4.69, 9.17) is 4.98 Å². The summed E-state index contributed by atoms with van der Waals surface area (Å²) in [6.07, 6.45) is 1.88. The Morgan fingerprint density at radius 1 is 0.422 bits per heavy atom. The molecular weight excluding hydrogens is 546 g/mol. The van der Waals surface area contributed by atoms with Crippen molar-refractivity contribution in [2.24, 2.45) is 0 Å². The molecule has 0 aliphatic heterocycles. The van der Waals surface area contributed by atoms with Gasteiger partial charge in [-0.05, 0) is 77.7 Å². The van der Waals surface area contributed by atoms with Crippen molar-refractivity contribution in [3.63, 3.8) is 0 Å². The lowest BCUT2D eigenvalue weighted by atomic mass is 9.98. The zero-order valence-electron chi connectivity index (χ0n) is 24.9. The molecule has 0 amide bonds. The van der Waals surface area contributed by atoms with E-state index in [2.05, 4.69) is 162 Å². The predicted octanol–water partition coefficient (Wildman–Crippen LogP) is 10.9. The van der Waals surface area contributed by atoms with Crippen LogP contribution in [0.1, 0.15) is 5.56 Å². The number of hydrogen-bond donors (Lipinski definition) is 0. The second-order valence-corrected chi connectivity index (χ2v) is 11.8. The molecule has 0 spiro atoms. The molecule has 45 heavy (non-hydrogen) atoms. The van der Waals surface area contributed by atoms with Gasteiger partial charge in [0.15, 0.2) is 0 Å². The average molecular weight is 576 g/mol. The molecule has 3 heteroatoms. The van der Waals surface area contributed by atoms with Crippen molar-refractivity contribution >= 4 is 43.6 Å². The number of benzene rings is 6. The van der Waals surface area contributed by atoms with Gasteiger partial charge in [0.25, 0.3) is 0 Å². The maximum absolute atomic E-state index is 4.87. The van der Waals surface area contributed by atoms with Gasteiger partial charge in [-0.15, -0.1) is 0 Å². The van der Waals surface area contributed by atoms with E-state index in [9.17, 15) is 0 Å². The van der Waals surface area contributed by atoms with E-state index in [1.165, 1.54) is 60.4 Å². The SMILES string of the molecule is Cc1ccc2c(c1)c1ccc3c4ccccc4n(-c4cc(-c5ccccc5)cc(-c5ccccc5)c4)c3c1n2-c1ccccn1. The summed E-state index contributed by atoms with van der Waals surface area (Å²) >= 11 is 0. The molecule has 0 saturated carbocycles. The summed E-state index contributed by atoms with van der Waals surface area (Å²) in [5.41, 5.74) is 11.8. The van der Waals surface area contributed by atoms with Crippen LogP contribution in [-0.4, -0.2) is 14.1 Å². The fraction of sp³-hybridized carbons (Fsp3) is 0.0238. The lowest BCUT2D eigenvalue weighted by molar-refractivity contribution is 1.08. The Morgan fingerprint density at radius 3 is 1.71 bits per heavy atom. The second-order valence-electron chi connectivity index (χ2n) is 11.8. The molecule has 0 fully saturated rings. The minimum Gasteiger partial charge on any atom is -0.307 e. The van der Waals surface area contributed by atoms with Crippen molar-refractivity contribution in [3.05, 3.63) is 163 Å². The summed E-state index contributed by atoms with van der Waals surface area (Å²) in [6.45, 7) is 2.17. The van der Waals surface area contributed by atoms with Crippen molar-refractivity contribution in [1.29, 1.82) is 0 Å². The van der Waals surface area contributed by atoms with E-state index < -0.39 is 0 Å². The third-order valence-corrected chi connectivity index (χ3v) is 8.99. The zero-order chi connectivity index (χ0) is 29.9. The third kappa shape index (κ3) is 4.01. The molecule has 0 unspecified atom stereocenters. The van der Waals surface area contributed by atoms with Crippen molar-refractivity contribution in [1.82, 2.24) is 14.1 Å². The van der Waals surface area contributed by atoms with Gasteiger partial charge in [-0.3, -0.25) is 4.57 Å². The Balaban J connectivity index is 1.48. The van der Waals surface area contributed by atoms with Crippen LogP contribution in [0.15, 0.2) is 158 Å². The number of aryl methyl sites for hydroxylation is 1. The number of fused-ring (bicyclic) bond motifs is 7. The molecule has 212 valence electrons. The first-order chi connectivity index (χ1) is 22.2. The highest BCUT2D eigenvalue weighted by atomic mass is 15.1. The van der Waals surface area contributed by atoms with Crippen LogP contribution in [0.5, 0.6) is 0 Å². The Labute approximate surface area is 261 Å². The van der Waals surface area contributed by atoms with Crippen LogP contribution in [0.4, 0.5) is 0 Å². The van der Waals surface area contributed by atoms with E-state index in [-0.39, 0.29) is 0 Å². The molecule has 0 bridgehead atoms. The van der Waals surface area contributed by atoms with E-state index >= 15 is 0 Å². The first kappa shape index (κ1) is 25.6. The molecule has 0 saturated heterocycles. The standard InChI is InChI=1S/C42H29N3/c1-28-19-22-39-37(24-28)36-21-20-35-34-16-8-9-17-38(34)44(41(35)42(36)45(39)40-18-10-11-23-43-40)33-26-31(29-12-4-2-5-13-29)25-32(27-33)30-14-6-3-7-15-30/h2-27H,1H3. The van der Waals surface area contributed by atoms with Crippen LogP contribution in [0.3, 0.4) is 0 Å². The molecule has 9 rings (SSSR count). The van der Waals surface area contributed by atoms with Crippen molar-refractivity contribution in [2.75, 3.05) is 0 Å². The minimum absolute atomic E-state index is 0.911. The van der Waals surface area contributed by atoms with Crippen LogP contribution < -0.4 is 0 Å². The van der Waals surface area contributed by atoms with Crippen LogP contribution in [0.2, 0.25) is 0 Å². The van der Waals surface area contributed by atoms with E-state index in [1.807, 2.05) is 12.3 Å². The Hall–Kier alpha value is -5.93. The van der Waals surface area contributed by atoms with E-state index in [1.54, 1.807) is 0 Å². The van der Waals surface area contributed by atoms with Crippen LogP contribution in [0.25, 0.3) is 77.4 Å². The molecular formula is C42H29N3. The third-order valence-electron chi connectivity index (χ3n) is 8.99. The molecule has 3 aromatic heterocycles. The molecule has 0 aliphatic rings. The van der Waals surface area contributed by atoms with Crippen molar-refractivity contribution in [2.45, 2.75) is 6.92 Å². The molecule has 6 aromatic carbocycles. The molecule has 0 N–H and O–H groups in total. The molecule has 0 atom stereocenters. The van der Waals surface area contributed by atoms with Crippen LogP contribution in [-0.2, 0) is 0 Å². The fourth-order valence-electron chi connectivity index (χ4n) is 6.99. The number of aromatic nitrogens is 3. The van der Waals surface area contributed by atoms with E-state index in [0.717, 1.165) is 22.5 Å². The lowest BCUT2D eigenvalue weighted by Crippen LogP contribution is -2.00. The topological polar surface area (TPSA) is 22.8 Å². The highest BCUT2D eigenvalue weighted by molar-refractivity contribution is 6.23. The summed E-state index contributed by atoms with van der Waals surface area (Å²) in [5.74, 6) is 0.911. The largest absolute Gasteiger partial charge is 0.307 e. The highest BCUT2D eigenvalue weighted by Crippen LogP contribution is 2.42. The maximum atomic E-state index is 4.87. The van der Waals surface area contributed by atoms with E-state index in [0.29, 0.717) is 0 Å². The summed E-state index contributed by atoms with van der Waals surface area (Å²) in [7, 11) is 0. The fourth-order valence-corrected chi connectivity index (χ4v) is 6.99. The average Bonchev–Trinajstić information content (AvgIpc) is 3.62. The second kappa shape index (κ2) is 10.1. The quantitative estimate of drug-likeness (QED) is 0.205.